The lowest BCUT2D eigenvalue weighted by Gasteiger charge is -2.23. The second-order valence-corrected chi connectivity index (χ2v) is 4.93. The Labute approximate surface area is 103 Å². The van der Waals surface area contributed by atoms with E-state index in [0.717, 1.165) is 16.6 Å². The summed E-state index contributed by atoms with van der Waals surface area (Å²) in [7, 11) is 6.19. The van der Waals surface area contributed by atoms with Crippen LogP contribution in [0.5, 0.6) is 0 Å². The number of likely N-dealkylation sites (N-methyl/N-ethyl adjacent to an activating group) is 1. The number of carbonyl (C=O) groups is 1. The zero-order valence-corrected chi connectivity index (χ0v) is 10.7. The van der Waals surface area contributed by atoms with Crippen LogP contribution in [0.4, 0.5) is 0 Å². The summed E-state index contributed by atoms with van der Waals surface area (Å²) < 4.78 is 5.89. The number of esters is 1. The summed E-state index contributed by atoms with van der Waals surface area (Å²) >= 11 is 0. The highest BCUT2D eigenvalue weighted by Gasteiger charge is 2.07. The Bertz CT molecular complexity index is 377. The van der Waals surface area contributed by atoms with Gasteiger partial charge >= 0.3 is 5.97 Å². The molecule has 0 aliphatic heterocycles. The van der Waals surface area contributed by atoms with Crippen LogP contribution in [0.15, 0.2) is 36.4 Å². The number of carbonyl (C=O) groups excluding carboxylic acids is 1. The van der Waals surface area contributed by atoms with Crippen molar-refractivity contribution in [2.24, 2.45) is 0 Å². The molecule has 0 aliphatic rings. The lowest BCUT2D eigenvalue weighted by molar-refractivity contribution is -0.870. The zero-order valence-electron chi connectivity index (χ0n) is 10.7. The molecule has 1 aromatic rings. The summed E-state index contributed by atoms with van der Waals surface area (Å²) in [5, 5.41) is 0. The van der Waals surface area contributed by atoms with Crippen molar-refractivity contribution in [3.8, 4) is 0 Å². The van der Waals surface area contributed by atoms with E-state index in [1.54, 1.807) is 6.08 Å². The van der Waals surface area contributed by atoms with Crippen molar-refractivity contribution in [3.05, 3.63) is 42.0 Å². The standard InChI is InChI=1S/C14H20NO2/c1-15(2,3)11-12-17-14(16)10-9-13-7-5-4-6-8-13/h4-10H,11-12H2,1-3H3/q+1/b10-9+. The highest BCUT2D eigenvalue weighted by atomic mass is 16.5. The number of rotatable bonds is 5. The fraction of sp³-hybridized carbons (Fsp3) is 0.357. The van der Waals surface area contributed by atoms with Gasteiger partial charge in [0.1, 0.15) is 13.2 Å². The summed E-state index contributed by atoms with van der Waals surface area (Å²) in [5.41, 5.74) is 0.996. The van der Waals surface area contributed by atoms with Crippen LogP contribution >= 0.6 is 0 Å². The molecular formula is C14H20NO2+. The first-order valence-electron chi connectivity index (χ1n) is 5.68. The number of hydrogen-bond acceptors (Lipinski definition) is 2. The van der Waals surface area contributed by atoms with E-state index in [1.807, 2.05) is 30.3 Å². The highest BCUT2D eigenvalue weighted by molar-refractivity contribution is 5.86. The van der Waals surface area contributed by atoms with E-state index in [2.05, 4.69) is 21.1 Å². The molecular weight excluding hydrogens is 214 g/mol. The highest BCUT2D eigenvalue weighted by Crippen LogP contribution is 2.01. The van der Waals surface area contributed by atoms with Gasteiger partial charge in [-0.15, -0.1) is 0 Å². The monoisotopic (exact) mass is 234 g/mol. The lowest BCUT2D eigenvalue weighted by atomic mass is 10.2. The molecule has 1 aromatic carbocycles. The third kappa shape index (κ3) is 6.53. The van der Waals surface area contributed by atoms with Crippen molar-refractivity contribution in [3.63, 3.8) is 0 Å². The molecule has 3 nitrogen and oxygen atoms in total. The van der Waals surface area contributed by atoms with E-state index < -0.39 is 0 Å². The minimum absolute atomic E-state index is 0.290. The van der Waals surface area contributed by atoms with Gasteiger partial charge in [-0.3, -0.25) is 0 Å². The first-order chi connectivity index (χ1) is 7.97. The summed E-state index contributed by atoms with van der Waals surface area (Å²) in [6, 6.07) is 9.69. The summed E-state index contributed by atoms with van der Waals surface area (Å²) in [4.78, 5) is 11.4. The number of nitrogens with zero attached hydrogens (tertiary/aromatic N) is 1. The van der Waals surface area contributed by atoms with E-state index in [9.17, 15) is 4.79 Å². The second kappa shape index (κ2) is 6.21. The maximum atomic E-state index is 11.4. The van der Waals surface area contributed by atoms with Crippen LogP contribution < -0.4 is 0 Å². The van der Waals surface area contributed by atoms with E-state index in [0.29, 0.717) is 6.61 Å². The van der Waals surface area contributed by atoms with Gasteiger partial charge in [0.15, 0.2) is 0 Å². The number of benzene rings is 1. The van der Waals surface area contributed by atoms with Crippen LogP contribution in [0.1, 0.15) is 5.56 Å². The van der Waals surface area contributed by atoms with Gasteiger partial charge in [-0.25, -0.2) is 4.79 Å². The molecule has 0 N–H and O–H groups in total. The number of ether oxygens (including phenoxy) is 1. The molecule has 0 heterocycles. The second-order valence-electron chi connectivity index (χ2n) is 4.93. The Kier molecular flexibility index (Phi) is 4.91. The molecule has 0 bridgehead atoms. The minimum Gasteiger partial charge on any atom is -0.457 e. The van der Waals surface area contributed by atoms with Crippen molar-refractivity contribution in [2.45, 2.75) is 0 Å². The molecule has 3 heteroatoms. The molecule has 0 atom stereocenters. The molecule has 0 saturated heterocycles. The predicted octanol–water partition coefficient (Wildman–Crippen LogP) is 1.95. The average Bonchev–Trinajstić information content (AvgIpc) is 2.26. The quantitative estimate of drug-likeness (QED) is 0.442. The molecule has 0 unspecified atom stereocenters. The van der Waals surface area contributed by atoms with Crippen LogP contribution in [-0.2, 0) is 9.53 Å². The number of hydrogen-bond donors (Lipinski definition) is 0. The van der Waals surface area contributed by atoms with E-state index in [1.165, 1.54) is 6.08 Å². The average molecular weight is 234 g/mol. The van der Waals surface area contributed by atoms with Gasteiger partial charge < -0.3 is 9.22 Å². The van der Waals surface area contributed by atoms with E-state index in [-0.39, 0.29) is 5.97 Å². The van der Waals surface area contributed by atoms with Crippen molar-refractivity contribution < 1.29 is 14.0 Å². The Morgan fingerprint density at radius 1 is 1.24 bits per heavy atom. The topological polar surface area (TPSA) is 26.3 Å². The maximum absolute atomic E-state index is 11.4. The fourth-order valence-corrected chi connectivity index (χ4v) is 1.20. The Balaban J connectivity index is 2.33. The minimum atomic E-state index is -0.290. The molecule has 0 saturated carbocycles. The van der Waals surface area contributed by atoms with Crippen LogP contribution in [0, 0.1) is 0 Å². The molecule has 0 amide bonds. The van der Waals surface area contributed by atoms with E-state index >= 15 is 0 Å². The van der Waals surface area contributed by atoms with Gasteiger partial charge in [-0.1, -0.05) is 30.3 Å². The molecule has 0 spiro atoms. The van der Waals surface area contributed by atoms with Gasteiger partial charge in [-0.05, 0) is 11.6 Å². The fourth-order valence-electron chi connectivity index (χ4n) is 1.20. The largest absolute Gasteiger partial charge is 0.457 e. The normalized spacial score (nSPS) is 11.7. The van der Waals surface area contributed by atoms with Crippen molar-refractivity contribution in [1.29, 1.82) is 0 Å². The zero-order chi connectivity index (χ0) is 12.7. The first kappa shape index (κ1) is 13.5. The van der Waals surface area contributed by atoms with Gasteiger partial charge in [0.25, 0.3) is 0 Å². The van der Waals surface area contributed by atoms with Crippen LogP contribution in [0.2, 0.25) is 0 Å². The molecule has 0 fully saturated rings. The summed E-state index contributed by atoms with van der Waals surface area (Å²) in [5.74, 6) is -0.290. The summed E-state index contributed by atoms with van der Waals surface area (Å²) in [6.45, 7) is 1.26. The van der Waals surface area contributed by atoms with Gasteiger partial charge in [0.2, 0.25) is 0 Å². The molecule has 0 radical (unpaired) electrons. The Morgan fingerprint density at radius 3 is 2.47 bits per heavy atom. The lowest BCUT2D eigenvalue weighted by Crippen LogP contribution is -2.37. The van der Waals surface area contributed by atoms with Gasteiger partial charge in [0, 0.05) is 6.08 Å². The first-order valence-corrected chi connectivity index (χ1v) is 5.68. The molecule has 17 heavy (non-hydrogen) atoms. The van der Waals surface area contributed by atoms with Gasteiger partial charge in [0.05, 0.1) is 21.1 Å². The molecule has 1 rings (SSSR count). The third-order valence-electron chi connectivity index (χ3n) is 2.22. The van der Waals surface area contributed by atoms with Crippen molar-refractivity contribution >= 4 is 12.0 Å². The molecule has 0 aliphatic carbocycles. The van der Waals surface area contributed by atoms with Gasteiger partial charge in [-0.2, -0.15) is 0 Å². The van der Waals surface area contributed by atoms with Crippen LogP contribution in [0.25, 0.3) is 6.08 Å². The predicted molar refractivity (Wildman–Crippen MR) is 69.3 cm³/mol. The molecule has 0 aromatic heterocycles. The van der Waals surface area contributed by atoms with E-state index in [4.69, 9.17) is 4.74 Å². The maximum Gasteiger partial charge on any atom is 0.330 e. The van der Waals surface area contributed by atoms with Crippen molar-refractivity contribution in [2.75, 3.05) is 34.3 Å². The SMILES string of the molecule is C[N+](C)(C)CCOC(=O)/C=C/c1ccccc1. The summed E-state index contributed by atoms with van der Waals surface area (Å²) in [6.07, 6.45) is 3.22. The van der Waals surface area contributed by atoms with Crippen LogP contribution in [0.3, 0.4) is 0 Å². The number of quaternary nitrogens is 1. The third-order valence-corrected chi connectivity index (χ3v) is 2.22. The molecule has 92 valence electrons. The van der Waals surface area contributed by atoms with Crippen LogP contribution in [-0.4, -0.2) is 44.7 Å². The Hall–Kier alpha value is -1.61. The van der Waals surface area contributed by atoms with Crippen molar-refractivity contribution in [1.82, 2.24) is 0 Å². The Morgan fingerprint density at radius 2 is 1.88 bits per heavy atom. The smallest absolute Gasteiger partial charge is 0.330 e.